The fraction of sp³-hybridized carbons (Fsp3) is 0.0800. The number of barbiturate groups is 1. The summed E-state index contributed by atoms with van der Waals surface area (Å²) in [5, 5.41) is 2.57. The lowest BCUT2D eigenvalue weighted by Crippen LogP contribution is -2.54. The third kappa shape index (κ3) is 4.78. The lowest BCUT2D eigenvalue weighted by atomic mass is 10.0. The molecule has 166 valence electrons. The second kappa shape index (κ2) is 9.26. The zero-order valence-corrected chi connectivity index (χ0v) is 18.2. The lowest BCUT2D eigenvalue weighted by molar-refractivity contribution is -0.122. The van der Waals surface area contributed by atoms with Crippen LogP contribution < -0.4 is 15.0 Å². The van der Waals surface area contributed by atoms with Gasteiger partial charge in [0.2, 0.25) is 0 Å². The van der Waals surface area contributed by atoms with Gasteiger partial charge in [-0.3, -0.25) is 14.9 Å². The van der Waals surface area contributed by atoms with Crippen LogP contribution in [0.2, 0.25) is 5.02 Å². The number of ether oxygens (including phenoxy) is 1. The van der Waals surface area contributed by atoms with Gasteiger partial charge in [0.1, 0.15) is 23.7 Å². The van der Waals surface area contributed by atoms with Crippen molar-refractivity contribution in [1.82, 2.24) is 5.32 Å². The van der Waals surface area contributed by atoms with Gasteiger partial charge in [-0.15, -0.1) is 0 Å². The Morgan fingerprint density at radius 2 is 1.76 bits per heavy atom. The number of para-hydroxylation sites is 1. The summed E-state index contributed by atoms with van der Waals surface area (Å²) in [6.45, 7) is 1.89. The van der Waals surface area contributed by atoms with Crippen molar-refractivity contribution >= 4 is 41.2 Å². The monoisotopic (exact) mass is 464 g/mol. The molecule has 4 rings (SSSR count). The SMILES string of the molecule is Cc1ccccc1N1C(=O)NC(=O)/C(=C\c2cc(Cl)ccc2OCc2ccc(F)cc2)C1=O. The lowest BCUT2D eigenvalue weighted by Gasteiger charge is -2.27. The summed E-state index contributed by atoms with van der Waals surface area (Å²) in [6.07, 6.45) is 1.33. The van der Waals surface area contributed by atoms with E-state index in [9.17, 15) is 18.8 Å². The highest BCUT2D eigenvalue weighted by Gasteiger charge is 2.37. The summed E-state index contributed by atoms with van der Waals surface area (Å²) in [4.78, 5) is 39.1. The smallest absolute Gasteiger partial charge is 0.335 e. The fourth-order valence-electron chi connectivity index (χ4n) is 3.35. The van der Waals surface area contributed by atoms with Crippen molar-refractivity contribution in [1.29, 1.82) is 0 Å². The summed E-state index contributed by atoms with van der Waals surface area (Å²) < 4.78 is 19.0. The van der Waals surface area contributed by atoms with Crippen molar-refractivity contribution in [2.45, 2.75) is 13.5 Å². The molecular weight excluding hydrogens is 447 g/mol. The minimum absolute atomic E-state index is 0.131. The second-order valence-corrected chi connectivity index (χ2v) is 7.78. The molecule has 3 aromatic rings. The number of benzene rings is 3. The Balaban J connectivity index is 1.68. The number of halogens is 2. The van der Waals surface area contributed by atoms with Gasteiger partial charge in [0.25, 0.3) is 11.8 Å². The van der Waals surface area contributed by atoms with Crippen molar-refractivity contribution < 1.29 is 23.5 Å². The predicted octanol–water partition coefficient (Wildman–Crippen LogP) is 5.03. The van der Waals surface area contributed by atoms with Crippen LogP contribution >= 0.6 is 11.6 Å². The summed E-state index contributed by atoms with van der Waals surface area (Å²) in [5.74, 6) is -1.58. The number of carbonyl (C=O) groups excluding carboxylic acids is 3. The summed E-state index contributed by atoms with van der Waals surface area (Å²) in [7, 11) is 0. The molecule has 1 aliphatic heterocycles. The van der Waals surface area contributed by atoms with E-state index in [0.29, 0.717) is 27.6 Å². The van der Waals surface area contributed by atoms with Crippen LogP contribution in [0.5, 0.6) is 5.75 Å². The zero-order valence-electron chi connectivity index (χ0n) is 17.5. The zero-order chi connectivity index (χ0) is 23.5. The van der Waals surface area contributed by atoms with Gasteiger partial charge in [0, 0.05) is 10.6 Å². The van der Waals surface area contributed by atoms with Gasteiger partial charge in [-0.25, -0.2) is 14.1 Å². The fourth-order valence-corrected chi connectivity index (χ4v) is 3.53. The maximum Gasteiger partial charge on any atom is 0.335 e. The quantitative estimate of drug-likeness (QED) is 0.424. The number of anilines is 1. The molecule has 0 unspecified atom stereocenters. The van der Waals surface area contributed by atoms with Crippen LogP contribution in [0, 0.1) is 12.7 Å². The van der Waals surface area contributed by atoms with Crippen LogP contribution in [-0.2, 0) is 16.2 Å². The average Bonchev–Trinajstić information content (AvgIpc) is 2.78. The van der Waals surface area contributed by atoms with E-state index in [1.807, 2.05) is 0 Å². The van der Waals surface area contributed by atoms with Crippen molar-refractivity contribution in [3.05, 3.63) is 99.8 Å². The normalized spacial score (nSPS) is 15.1. The van der Waals surface area contributed by atoms with Crippen LogP contribution in [0.25, 0.3) is 6.08 Å². The number of hydrogen-bond donors (Lipinski definition) is 1. The number of hydrogen-bond acceptors (Lipinski definition) is 4. The van der Waals surface area contributed by atoms with Crippen molar-refractivity contribution in [3.8, 4) is 5.75 Å². The number of nitrogens with one attached hydrogen (secondary N) is 1. The van der Waals surface area contributed by atoms with Gasteiger partial charge in [-0.2, -0.15) is 0 Å². The van der Waals surface area contributed by atoms with E-state index in [-0.39, 0.29) is 18.0 Å². The number of amides is 4. The number of imide groups is 2. The van der Waals surface area contributed by atoms with E-state index in [1.165, 1.54) is 18.2 Å². The van der Waals surface area contributed by atoms with Crippen LogP contribution in [0.15, 0.2) is 72.3 Å². The molecule has 0 radical (unpaired) electrons. The molecule has 1 aliphatic rings. The minimum Gasteiger partial charge on any atom is -0.488 e. The molecule has 0 spiro atoms. The average molecular weight is 465 g/mol. The van der Waals surface area contributed by atoms with E-state index < -0.39 is 17.8 Å². The Labute approximate surface area is 194 Å². The van der Waals surface area contributed by atoms with Gasteiger partial charge in [0.05, 0.1) is 5.69 Å². The molecule has 1 N–H and O–H groups in total. The second-order valence-electron chi connectivity index (χ2n) is 7.34. The number of carbonyl (C=O) groups is 3. The van der Waals surface area contributed by atoms with Gasteiger partial charge in [-0.1, -0.05) is 41.9 Å². The molecule has 0 bridgehead atoms. The van der Waals surface area contributed by atoms with Crippen molar-refractivity contribution in [3.63, 3.8) is 0 Å². The number of urea groups is 1. The molecular formula is C25H18ClFN2O4. The third-order valence-corrected chi connectivity index (χ3v) is 5.27. The van der Waals surface area contributed by atoms with E-state index in [2.05, 4.69) is 5.32 Å². The van der Waals surface area contributed by atoms with Crippen molar-refractivity contribution in [2.75, 3.05) is 4.90 Å². The van der Waals surface area contributed by atoms with Crippen LogP contribution in [-0.4, -0.2) is 17.8 Å². The first-order valence-corrected chi connectivity index (χ1v) is 10.3. The minimum atomic E-state index is -0.824. The molecule has 0 aromatic heterocycles. The Morgan fingerprint density at radius 3 is 2.48 bits per heavy atom. The van der Waals surface area contributed by atoms with E-state index in [0.717, 1.165) is 10.5 Å². The molecule has 33 heavy (non-hydrogen) atoms. The molecule has 1 heterocycles. The Hall–Kier alpha value is -3.97. The Kier molecular flexibility index (Phi) is 6.24. The number of rotatable bonds is 5. The number of aryl methyl sites for hydroxylation is 1. The van der Waals surface area contributed by atoms with Gasteiger partial charge in [-0.05, 0) is 60.5 Å². The van der Waals surface area contributed by atoms with Crippen molar-refractivity contribution in [2.24, 2.45) is 0 Å². The first kappa shape index (κ1) is 22.2. The maximum absolute atomic E-state index is 13.2. The summed E-state index contributed by atoms with van der Waals surface area (Å²) >= 11 is 6.13. The molecule has 0 aliphatic carbocycles. The first-order valence-electron chi connectivity index (χ1n) is 9.97. The molecule has 3 aromatic carbocycles. The molecule has 0 saturated carbocycles. The molecule has 8 heteroatoms. The molecule has 6 nitrogen and oxygen atoms in total. The van der Waals surface area contributed by atoms with Crippen LogP contribution in [0.3, 0.4) is 0 Å². The van der Waals surface area contributed by atoms with E-state index >= 15 is 0 Å². The van der Waals surface area contributed by atoms with Gasteiger partial charge in [0.15, 0.2) is 0 Å². The predicted molar refractivity (Wildman–Crippen MR) is 122 cm³/mol. The highest BCUT2D eigenvalue weighted by Crippen LogP contribution is 2.29. The standard InChI is InChI=1S/C25H18ClFN2O4/c1-15-4-2-3-5-21(15)29-24(31)20(23(30)28-25(29)32)13-17-12-18(26)8-11-22(17)33-14-16-6-9-19(27)10-7-16/h2-13H,14H2,1H3,(H,28,30,32)/b20-13+. The molecule has 0 atom stereocenters. The highest BCUT2D eigenvalue weighted by atomic mass is 35.5. The molecule has 1 saturated heterocycles. The number of nitrogens with zero attached hydrogens (tertiary/aromatic N) is 1. The molecule has 4 amide bonds. The van der Waals surface area contributed by atoms with Gasteiger partial charge < -0.3 is 4.74 Å². The summed E-state index contributed by atoms with van der Waals surface area (Å²) in [5.41, 5.74) is 1.93. The highest BCUT2D eigenvalue weighted by molar-refractivity contribution is 6.39. The third-order valence-electron chi connectivity index (χ3n) is 5.04. The topological polar surface area (TPSA) is 75.7 Å². The molecule has 1 fully saturated rings. The Morgan fingerprint density at radius 1 is 1.03 bits per heavy atom. The Bertz CT molecular complexity index is 1290. The summed E-state index contributed by atoms with van der Waals surface area (Å²) in [6, 6.07) is 16.6. The van der Waals surface area contributed by atoms with Gasteiger partial charge >= 0.3 is 6.03 Å². The van der Waals surface area contributed by atoms with E-state index in [1.54, 1.807) is 61.5 Å². The van der Waals surface area contributed by atoms with Crippen LogP contribution in [0.4, 0.5) is 14.9 Å². The first-order chi connectivity index (χ1) is 15.8. The van der Waals surface area contributed by atoms with E-state index in [4.69, 9.17) is 16.3 Å². The largest absolute Gasteiger partial charge is 0.488 e. The van der Waals surface area contributed by atoms with Crippen LogP contribution in [0.1, 0.15) is 16.7 Å². The maximum atomic E-state index is 13.2.